The molecule has 2 unspecified atom stereocenters. The van der Waals surface area contributed by atoms with Gasteiger partial charge in [0, 0.05) is 32.8 Å². The fraction of sp³-hybridized carbons (Fsp3) is 0.667. The van der Waals surface area contributed by atoms with E-state index in [1.165, 1.54) is 12.0 Å². The Morgan fingerprint density at radius 3 is 2.81 bits per heavy atom. The van der Waals surface area contributed by atoms with E-state index in [2.05, 4.69) is 59.8 Å². The van der Waals surface area contributed by atoms with Crippen LogP contribution in [0.5, 0.6) is 0 Å². The van der Waals surface area contributed by atoms with Crippen molar-refractivity contribution < 1.29 is 9.47 Å². The highest BCUT2D eigenvalue weighted by Crippen LogP contribution is 2.17. The zero-order valence-electron chi connectivity index (χ0n) is 16.8. The maximum atomic E-state index is 5.69. The quantitative estimate of drug-likeness (QED) is 0.214. The number of aliphatic imine (C=N–C) groups is 1. The maximum Gasteiger partial charge on any atom is 0.191 e. The average molecular weight is 489 g/mol. The first-order chi connectivity index (χ1) is 12.8. The molecule has 1 aliphatic heterocycles. The molecule has 1 saturated heterocycles. The van der Waals surface area contributed by atoms with Crippen LogP contribution >= 0.6 is 24.0 Å². The predicted molar refractivity (Wildman–Crippen MR) is 123 cm³/mol. The molecule has 2 rings (SSSR count). The van der Waals surface area contributed by atoms with E-state index in [0.717, 1.165) is 64.7 Å². The molecule has 1 fully saturated rings. The Bertz CT molecular complexity index is 507. The van der Waals surface area contributed by atoms with Gasteiger partial charge in [-0.05, 0) is 44.1 Å². The summed E-state index contributed by atoms with van der Waals surface area (Å²) >= 11 is 0. The topological polar surface area (TPSA) is 54.9 Å². The first kappa shape index (κ1) is 24.2. The first-order valence-electron chi connectivity index (χ1n) is 10.1. The fourth-order valence-electron chi connectivity index (χ4n) is 3.05. The molecular formula is C21H36IN3O2. The minimum absolute atomic E-state index is 0. The van der Waals surface area contributed by atoms with Crippen molar-refractivity contribution in [3.05, 3.63) is 35.9 Å². The number of guanidine groups is 1. The molecule has 154 valence electrons. The molecule has 0 spiro atoms. The molecule has 27 heavy (non-hydrogen) atoms. The molecule has 1 aromatic rings. The predicted octanol–water partition coefficient (Wildman–Crippen LogP) is 3.94. The second-order valence-corrected chi connectivity index (χ2v) is 6.85. The van der Waals surface area contributed by atoms with Gasteiger partial charge in [0.05, 0.1) is 12.7 Å². The van der Waals surface area contributed by atoms with Crippen LogP contribution in [0.3, 0.4) is 0 Å². The summed E-state index contributed by atoms with van der Waals surface area (Å²) < 4.78 is 11.2. The zero-order valence-corrected chi connectivity index (χ0v) is 19.1. The largest absolute Gasteiger partial charge is 0.379 e. The number of hydrogen-bond donors (Lipinski definition) is 2. The molecule has 0 radical (unpaired) electrons. The Balaban J connectivity index is 0.00000364. The van der Waals surface area contributed by atoms with Crippen molar-refractivity contribution in [2.45, 2.75) is 51.6 Å². The number of nitrogens with zero attached hydrogens (tertiary/aromatic N) is 1. The standard InChI is InChI=1S/C21H35N3O2.HI/c1-3-22-21(23-13-8-15-25-17-20-11-7-16-26-20)24-14-12-18(2)19-9-5-4-6-10-19;/h4-6,9-10,18,20H,3,7-8,11-17H2,1-2H3,(H2,22,23,24);1H. The molecule has 5 nitrogen and oxygen atoms in total. The Labute approximate surface area is 181 Å². The lowest BCUT2D eigenvalue weighted by Gasteiger charge is -2.15. The number of rotatable bonds is 11. The second kappa shape index (κ2) is 15.1. The van der Waals surface area contributed by atoms with Crippen LogP contribution in [0.2, 0.25) is 0 Å². The molecule has 2 N–H and O–H groups in total. The SMILES string of the molecule is CCNC(=NCCCOCC1CCCO1)NCCC(C)c1ccccc1.I. The lowest BCUT2D eigenvalue weighted by molar-refractivity contribution is 0.0171. The molecular weight excluding hydrogens is 453 g/mol. The Morgan fingerprint density at radius 2 is 2.11 bits per heavy atom. The van der Waals surface area contributed by atoms with Crippen molar-refractivity contribution in [3.63, 3.8) is 0 Å². The van der Waals surface area contributed by atoms with Crippen molar-refractivity contribution in [1.29, 1.82) is 0 Å². The average Bonchev–Trinajstić information content (AvgIpc) is 3.18. The number of benzene rings is 1. The van der Waals surface area contributed by atoms with Gasteiger partial charge in [0.15, 0.2) is 5.96 Å². The van der Waals surface area contributed by atoms with Crippen LogP contribution in [0, 0.1) is 0 Å². The van der Waals surface area contributed by atoms with E-state index in [4.69, 9.17) is 9.47 Å². The molecule has 2 atom stereocenters. The fourth-order valence-corrected chi connectivity index (χ4v) is 3.05. The summed E-state index contributed by atoms with van der Waals surface area (Å²) in [5.41, 5.74) is 1.39. The third-order valence-electron chi connectivity index (χ3n) is 4.63. The van der Waals surface area contributed by atoms with E-state index in [1.54, 1.807) is 0 Å². The number of halogens is 1. The summed E-state index contributed by atoms with van der Waals surface area (Å²) in [4.78, 5) is 4.64. The molecule has 0 saturated carbocycles. The summed E-state index contributed by atoms with van der Waals surface area (Å²) in [6.45, 7) is 9.27. The molecule has 0 bridgehead atoms. The third-order valence-corrected chi connectivity index (χ3v) is 4.63. The third kappa shape index (κ3) is 10.3. The van der Waals surface area contributed by atoms with Crippen molar-refractivity contribution >= 4 is 29.9 Å². The van der Waals surface area contributed by atoms with E-state index in [9.17, 15) is 0 Å². The lowest BCUT2D eigenvalue weighted by Crippen LogP contribution is -2.38. The summed E-state index contributed by atoms with van der Waals surface area (Å²) in [6, 6.07) is 10.7. The van der Waals surface area contributed by atoms with Gasteiger partial charge < -0.3 is 20.1 Å². The molecule has 0 aromatic heterocycles. The highest BCUT2D eigenvalue weighted by Gasteiger charge is 2.14. The van der Waals surface area contributed by atoms with Gasteiger partial charge in [-0.2, -0.15) is 0 Å². The van der Waals surface area contributed by atoms with Crippen LogP contribution in [0.4, 0.5) is 0 Å². The van der Waals surface area contributed by atoms with E-state index in [-0.39, 0.29) is 24.0 Å². The Hall–Kier alpha value is -0.860. The van der Waals surface area contributed by atoms with Gasteiger partial charge in [-0.25, -0.2) is 0 Å². The summed E-state index contributed by atoms with van der Waals surface area (Å²) in [5, 5.41) is 6.74. The molecule has 6 heteroatoms. The van der Waals surface area contributed by atoms with E-state index in [0.29, 0.717) is 12.0 Å². The summed E-state index contributed by atoms with van der Waals surface area (Å²) in [7, 11) is 0. The van der Waals surface area contributed by atoms with Gasteiger partial charge in [-0.15, -0.1) is 24.0 Å². The van der Waals surface area contributed by atoms with Crippen LogP contribution in [-0.4, -0.2) is 51.5 Å². The van der Waals surface area contributed by atoms with Crippen molar-refractivity contribution in [2.24, 2.45) is 4.99 Å². The normalized spacial score (nSPS) is 18.0. The maximum absolute atomic E-state index is 5.69. The molecule has 1 aliphatic rings. The molecule has 0 aliphatic carbocycles. The van der Waals surface area contributed by atoms with Crippen molar-refractivity contribution in [3.8, 4) is 0 Å². The Morgan fingerprint density at radius 1 is 1.30 bits per heavy atom. The summed E-state index contributed by atoms with van der Waals surface area (Å²) in [6.07, 6.45) is 4.62. The zero-order chi connectivity index (χ0) is 18.5. The van der Waals surface area contributed by atoms with Gasteiger partial charge in [-0.3, -0.25) is 4.99 Å². The Kier molecular flexibility index (Phi) is 13.5. The second-order valence-electron chi connectivity index (χ2n) is 6.85. The van der Waals surface area contributed by atoms with Crippen LogP contribution in [0.1, 0.15) is 51.0 Å². The van der Waals surface area contributed by atoms with Crippen LogP contribution in [-0.2, 0) is 9.47 Å². The van der Waals surface area contributed by atoms with Gasteiger partial charge >= 0.3 is 0 Å². The van der Waals surface area contributed by atoms with Crippen LogP contribution in [0.15, 0.2) is 35.3 Å². The van der Waals surface area contributed by atoms with Crippen molar-refractivity contribution in [1.82, 2.24) is 10.6 Å². The first-order valence-corrected chi connectivity index (χ1v) is 10.1. The number of nitrogens with one attached hydrogen (secondary N) is 2. The van der Waals surface area contributed by atoms with Crippen LogP contribution < -0.4 is 10.6 Å². The van der Waals surface area contributed by atoms with E-state index >= 15 is 0 Å². The smallest absolute Gasteiger partial charge is 0.191 e. The minimum atomic E-state index is 0. The van der Waals surface area contributed by atoms with Crippen molar-refractivity contribution in [2.75, 3.05) is 39.5 Å². The number of ether oxygens (including phenoxy) is 2. The number of hydrogen-bond acceptors (Lipinski definition) is 3. The molecule has 1 aromatic carbocycles. The monoisotopic (exact) mass is 489 g/mol. The van der Waals surface area contributed by atoms with Crippen LogP contribution in [0.25, 0.3) is 0 Å². The molecule has 0 amide bonds. The van der Waals surface area contributed by atoms with Gasteiger partial charge in [-0.1, -0.05) is 37.3 Å². The van der Waals surface area contributed by atoms with Gasteiger partial charge in [0.1, 0.15) is 0 Å². The highest BCUT2D eigenvalue weighted by atomic mass is 127. The highest BCUT2D eigenvalue weighted by molar-refractivity contribution is 14.0. The van der Waals surface area contributed by atoms with Gasteiger partial charge in [0.25, 0.3) is 0 Å². The molecule has 1 heterocycles. The van der Waals surface area contributed by atoms with Gasteiger partial charge in [0.2, 0.25) is 0 Å². The lowest BCUT2D eigenvalue weighted by atomic mass is 9.98. The minimum Gasteiger partial charge on any atom is -0.379 e. The van der Waals surface area contributed by atoms with E-state index in [1.807, 2.05) is 0 Å². The van der Waals surface area contributed by atoms with E-state index < -0.39 is 0 Å². The summed E-state index contributed by atoms with van der Waals surface area (Å²) in [5.74, 6) is 1.43.